The molecule has 4 N–H and O–H groups in total. The largest absolute Gasteiger partial charge is 1.00 e. The first-order valence-corrected chi connectivity index (χ1v) is 7.77. The van der Waals surface area contributed by atoms with Gasteiger partial charge in [-0.3, -0.25) is 0 Å². The van der Waals surface area contributed by atoms with E-state index in [4.69, 9.17) is 17.9 Å². The van der Waals surface area contributed by atoms with Crippen molar-refractivity contribution in [2.75, 3.05) is 11.5 Å². The Bertz CT molecular complexity index is 1020. The van der Waals surface area contributed by atoms with Gasteiger partial charge in [0, 0.05) is 12.3 Å². The summed E-state index contributed by atoms with van der Waals surface area (Å²) in [6.45, 7) is 0. The number of anilines is 2. The standard InChI is InChI=1S/C18H16N6O2.Li/c1-2-3-12(10-4-6-11(7-5-10)17(25)26)8-13-9-21-16-14(22-13)15(19)23-18(20)24-16;/h1,4-7,9,12H,3,8H2,(H,25,26)(H4,19,20,21,23,24);/q;+1/p-1. The van der Waals surface area contributed by atoms with Gasteiger partial charge in [-0.05, 0) is 17.5 Å². The minimum absolute atomic E-state index is 0. The fourth-order valence-electron chi connectivity index (χ4n) is 2.68. The molecule has 0 radical (unpaired) electrons. The predicted octanol–water partition coefficient (Wildman–Crippen LogP) is -2.70. The second kappa shape index (κ2) is 8.50. The van der Waals surface area contributed by atoms with E-state index in [0.717, 1.165) is 5.56 Å². The van der Waals surface area contributed by atoms with Crippen molar-refractivity contribution in [3.05, 3.63) is 47.3 Å². The molecule has 3 aromatic rings. The average molecular weight is 354 g/mol. The van der Waals surface area contributed by atoms with Crippen LogP contribution < -0.4 is 35.4 Å². The number of nitrogens with two attached hydrogens (primary N) is 2. The van der Waals surface area contributed by atoms with Crippen LogP contribution in [0.4, 0.5) is 11.8 Å². The molecule has 8 nitrogen and oxygen atoms in total. The Kier molecular flexibility index (Phi) is 6.35. The molecular formula is C18H15LiN6O2. The van der Waals surface area contributed by atoms with Crippen molar-refractivity contribution in [1.82, 2.24) is 19.9 Å². The molecule has 0 aliphatic heterocycles. The van der Waals surface area contributed by atoms with E-state index in [-0.39, 0.29) is 42.1 Å². The predicted molar refractivity (Wildman–Crippen MR) is 94.6 cm³/mol. The Morgan fingerprint density at radius 3 is 2.52 bits per heavy atom. The molecule has 0 bridgehead atoms. The number of carboxylic acids is 1. The van der Waals surface area contributed by atoms with Crippen molar-refractivity contribution >= 4 is 28.9 Å². The van der Waals surface area contributed by atoms with Gasteiger partial charge in [-0.15, -0.1) is 12.3 Å². The summed E-state index contributed by atoms with van der Waals surface area (Å²) in [5.74, 6) is 1.56. The maximum Gasteiger partial charge on any atom is 1.00 e. The molecule has 0 amide bonds. The van der Waals surface area contributed by atoms with Crippen molar-refractivity contribution in [1.29, 1.82) is 0 Å². The van der Waals surface area contributed by atoms with Crippen LogP contribution in [0.5, 0.6) is 0 Å². The molecule has 0 spiro atoms. The van der Waals surface area contributed by atoms with Gasteiger partial charge < -0.3 is 21.4 Å². The van der Waals surface area contributed by atoms with Crippen LogP contribution in [0.25, 0.3) is 11.2 Å². The van der Waals surface area contributed by atoms with Crippen LogP contribution in [0.3, 0.4) is 0 Å². The van der Waals surface area contributed by atoms with E-state index in [1.807, 2.05) is 0 Å². The Morgan fingerprint density at radius 1 is 1.19 bits per heavy atom. The molecule has 0 aliphatic rings. The molecular weight excluding hydrogens is 339 g/mol. The fraction of sp³-hybridized carbons (Fsp3) is 0.167. The zero-order valence-electron chi connectivity index (χ0n) is 14.7. The van der Waals surface area contributed by atoms with E-state index in [1.165, 1.54) is 12.1 Å². The van der Waals surface area contributed by atoms with Gasteiger partial charge in [-0.1, -0.05) is 24.3 Å². The first-order chi connectivity index (χ1) is 12.5. The van der Waals surface area contributed by atoms with Crippen LogP contribution in [0.15, 0.2) is 30.5 Å². The number of carboxylic acid groups (broad SMARTS) is 1. The third-order valence-corrected chi connectivity index (χ3v) is 3.94. The summed E-state index contributed by atoms with van der Waals surface area (Å²) >= 11 is 0. The van der Waals surface area contributed by atoms with E-state index in [2.05, 4.69) is 25.9 Å². The normalized spacial score (nSPS) is 11.4. The van der Waals surface area contributed by atoms with Crippen LogP contribution in [0, 0.1) is 12.3 Å². The second-order valence-corrected chi connectivity index (χ2v) is 5.72. The number of aromatic nitrogens is 4. The number of rotatable bonds is 5. The molecule has 1 aromatic carbocycles. The summed E-state index contributed by atoms with van der Waals surface area (Å²) in [5, 5.41) is 10.9. The number of nitrogens with zero attached hydrogens (tertiary/aromatic N) is 4. The summed E-state index contributed by atoms with van der Waals surface area (Å²) in [7, 11) is 0. The number of nitrogen functional groups attached to an aromatic ring is 2. The van der Waals surface area contributed by atoms with Crippen LogP contribution in [0.2, 0.25) is 0 Å². The van der Waals surface area contributed by atoms with Crippen molar-refractivity contribution in [3.63, 3.8) is 0 Å². The van der Waals surface area contributed by atoms with E-state index >= 15 is 0 Å². The molecule has 0 saturated heterocycles. The van der Waals surface area contributed by atoms with Gasteiger partial charge in [0.15, 0.2) is 17.0 Å². The topological polar surface area (TPSA) is 144 Å². The van der Waals surface area contributed by atoms with E-state index < -0.39 is 5.97 Å². The Labute approximate surface area is 167 Å². The second-order valence-electron chi connectivity index (χ2n) is 5.72. The van der Waals surface area contributed by atoms with Gasteiger partial charge in [-0.25, -0.2) is 9.97 Å². The van der Waals surface area contributed by atoms with E-state index in [0.29, 0.717) is 29.7 Å². The van der Waals surface area contributed by atoms with E-state index in [1.54, 1.807) is 18.3 Å². The molecule has 130 valence electrons. The monoisotopic (exact) mass is 354 g/mol. The number of aromatic carboxylic acids is 1. The maximum atomic E-state index is 10.9. The summed E-state index contributed by atoms with van der Waals surface area (Å²) in [6, 6.07) is 6.43. The van der Waals surface area contributed by atoms with Gasteiger partial charge in [-0.2, -0.15) is 9.97 Å². The SMILES string of the molecule is C#CCC(Cc1cnc2nc(N)nc(N)c2n1)c1ccc(C(=O)[O-])cc1.[Li+]. The van der Waals surface area contributed by atoms with Gasteiger partial charge >= 0.3 is 18.9 Å². The van der Waals surface area contributed by atoms with E-state index in [9.17, 15) is 9.90 Å². The molecule has 0 aliphatic carbocycles. The van der Waals surface area contributed by atoms with Crippen LogP contribution >= 0.6 is 0 Å². The van der Waals surface area contributed by atoms with Gasteiger partial charge in [0.1, 0.15) is 0 Å². The Balaban J connectivity index is 0.00000261. The minimum atomic E-state index is -1.22. The fourth-order valence-corrected chi connectivity index (χ4v) is 2.68. The molecule has 27 heavy (non-hydrogen) atoms. The van der Waals surface area contributed by atoms with Crippen molar-refractivity contribution in [3.8, 4) is 12.3 Å². The molecule has 3 rings (SSSR count). The summed E-state index contributed by atoms with van der Waals surface area (Å²) in [4.78, 5) is 27.5. The van der Waals surface area contributed by atoms with Crippen molar-refractivity contribution in [2.24, 2.45) is 0 Å². The zero-order chi connectivity index (χ0) is 18.7. The summed E-state index contributed by atoms with van der Waals surface area (Å²) < 4.78 is 0. The van der Waals surface area contributed by atoms with Gasteiger partial charge in [0.2, 0.25) is 5.95 Å². The van der Waals surface area contributed by atoms with Crippen molar-refractivity contribution in [2.45, 2.75) is 18.8 Å². The molecule has 2 aromatic heterocycles. The Hall–Kier alpha value is -3.13. The Morgan fingerprint density at radius 2 is 1.89 bits per heavy atom. The quantitative estimate of drug-likeness (QED) is 0.372. The minimum Gasteiger partial charge on any atom is -0.545 e. The number of hydrogen-bond acceptors (Lipinski definition) is 8. The summed E-state index contributed by atoms with van der Waals surface area (Å²) in [5.41, 5.74) is 13.8. The van der Waals surface area contributed by atoms with Crippen molar-refractivity contribution < 1.29 is 28.8 Å². The third kappa shape index (κ3) is 4.53. The number of terminal acetylenes is 1. The number of hydrogen-bond donors (Lipinski definition) is 2. The summed E-state index contributed by atoms with van der Waals surface area (Å²) in [6.07, 6.45) is 8.03. The molecule has 0 saturated carbocycles. The molecule has 2 heterocycles. The van der Waals surface area contributed by atoms with Gasteiger partial charge in [0.25, 0.3) is 0 Å². The number of carbonyl (C=O) groups is 1. The number of fused-ring (bicyclic) bond motifs is 1. The maximum absolute atomic E-state index is 10.9. The molecule has 1 atom stereocenters. The third-order valence-electron chi connectivity index (χ3n) is 3.94. The first kappa shape index (κ1) is 20.2. The zero-order valence-corrected chi connectivity index (χ0v) is 14.7. The van der Waals surface area contributed by atoms with Gasteiger partial charge in [0.05, 0.1) is 17.9 Å². The number of benzene rings is 1. The molecule has 0 fully saturated rings. The average Bonchev–Trinajstić information content (AvgIpc) is 2.62. The first-order valence-electron chi connectivity index (χ1n) is 7.77. The van der Waals surface area contributed by atoms with Crippen LogP contribution in [0.1, 0.15) is 34.0 Å². The van der Waals surface area contributed by atoms with Crippen LogP contribution in [-0.2, 0) is 6.42 Å². The van der Waals surface area contributed by atoms with Crippen LogP contribution in [-0.4, -0.2) is 25.9 Å². The smallest absolute Gasteiger partial charge is 0.545 e. The molecule has 9 heteroatoms. The molecule has 1 unspecified atom stereocenters. The number of carbonyl (C=O) groups excluding carboxylic acids is 1.